The molecule has 0 amide bonds. The minimum absolute atomic E-state index is 0.478. The molecule has 1 nitrogen and oxygen atoms in total. The molecule has 0 aromatic rings. The third kappa shape index (κ3) is 4.45. The molecule has 0 aliphatic carbocycles. The predicted molar refractivity (Wildman–Crippen MR) is 92.0 cm³/mol. The summed E-state index contributed by atoms with van der Waals surface area (Å²) in [5, 5.41) is 0. The molecule has 103 valence electrons. The van der Waals surface area contributed by atoms with E-state index in [1.165, 1.54) is 18.1 Å². The molecule has 1 radical (unpaired) electrons. The Balaban J connectivity index is 5.23. The average Bonchev–Trinajstić information content (AvgIpc) is 2.31. The first-order valence-electron chi connectivity index (χ1n) is 7.05. The molecule has 0 N–H and O–H groups in total. The van der Waals surface area contributed by atoms with Gasteiger partial charge >= 0.3 is 0 Å². The summed E-state index contributed by atoms with van der Waals surface area (Å²) in [4.78, 5) is 0. The number of nitrogens with zero attached hydrogens (tertiary/aromatic N) is 1. The fraction of sp³-hybridized carbons (Fsp3) is 0.714. The van der Waals surface area contributed by atoms with Crippen molar-refractivity contribution in [1.29, 1.82) is 0 Å². The highest BCUT2D eigenvalue weighted by atomic mass is 28.4. The van der Waals surface area contributed by atoms with Crippen LogP contribution in [0.5, 0.6) is 0 Å². The van der Waals surface area contributed by atoms with Crippen molar-refractivity contribution >= 4 is 25.3 Å². The molecule has 4 heteroatoms. The maximum atomic E-state index is 3.98. The lowest BCUT2D eigenvalue weighted by atomic mass is 10.9. The van der Waals surface area contributed by atoms with Crippen LogP contribution in [0.4, 0.5) is 0 Å². The lowest BCUT2D eigenvalue weighted by Gasteiger charge is -2.35. The molecule has 0 aliphatic heterocycles. The Bertz CT molecular complexity index is 313. The molecule has 0 aromatic carbocycles. The summed E-state index contributed by atoms with van der Waals surface area (Å²) in [6.07, 6.45) is 2.03. The number of rotatable bonds is 6. The summed E-state index contributed by atoms with van der Waals surface area (Å²) in [5.74, 6) is 0. The summed E-state index contributed by atoms with van der Waals surface area (Å²) >= 11 is 0. The molecule has 0 unspecified atom stereocenters. The van der Waals surface area contributed by atoms with E-state index in [0.717, 1.165) is 0 Å². The molecule has 0 atom stereocenters. The van der Waals surface area contributed by atoms with Crippen LogP contribution in [0.3, 0.4) is 0 Å². The lowest BCUT2D eigenvalue weighted by Crippen LogP contribution is -2.50. The van der Waals surface area contributed by atoms with E-state index in [1.807, 2.05) is 6.20 Å². The predicted octanol–water partition coefficient (Wildman–Crippen LogP) is 4.48. The zero-order chi connectivity index (χ0) is 14.4. The molecule has 0 fully saturated rings. The van der Waals surface area contributed by atoms with E-state index in [1.54, 1.807) is 0 Å². The largest absolute Gasteiger partial charge is 0.422 e. The summed E-state index contributed by atoms with van der Waals surface area (Å²) in [7, 11) is -3.39. The van der Waals surface area contributed by atoms with Crippen molar-refractivity contribution in [3.05, 3.63) is 12.8 Å². The third-order valence-corrected chi connectivity index (χ3v) is 15.2. The molecule has 0 saturated heterocycles. The molecular weight excluding hydrogens is 266 g/mol. The Labute approximate surface area is 118 Å². The van der Waals surface area contributed by atoms with E-state index >= 15 is 0 Å². The normalized spacial score (nSPS) is 12.0. The van der Waals surface area contributed by atoms with Crippen molar-refractivity contribution in [1.82, 2.24) is 4.23 Å². The minimum atomic E-state index is -1.62. The standard InChI is InChI=1S/C14H30NSi3/c1-9-15(16(5)6)17(7,8)13-14-18(10-2,11-3)12-4/h9H,1,10-12H2,2-8H3. The Morgan fingerprint density at radius 1 is 1.06 bits per heavy atom. The molecule has 0 spiro atoms. The highest BCUT2D eigenvalue weighted by molar-refractivity contribution is 6.93. The van der Waals surface area contributed by atoms with Crippen molar-refractivity contribution in [3.63, 3.8) is 0 Å². The second-order valence-corrected chi connectivity index (χ2v) is 17.3. The van der Waals surface area contributed by atoms with Crippen molar-refractivity contribution in [2.75, 3.05) is 0 Å². The molecule has 0 saturated carbocycles. The van der Waals surface area contributed by atoms with Crippen molar-refractivity contribution in [2.24, 2.45) is 0 Å². The molecule has 18 heavy (non-hydrogen) atoms. The second-order valence-electron chi connectivity index (χ2n) is 5.65. The van der Waals surface area contributed by atoms with Crippen LogP contribution in [0.15, 0.2) is 12.8 Å². The van der Waals surface area contributed by atoms with Gasteiger partial charge in [-0.25, -0.2) is 0 Å². The molecule has 0 aromatic heterocycles. The van der Waals surface area contributed by atoms with Crippen molar-refractivity contribution in [2.45, 2.75) is 65.1 Å². The molecule has 0 aliphatic rings. The van der Waals surface area contributed by atoms with Crippen molar-refractivity contribution < 1.29 is 0 Å². The van der Waals surface area contributed by atoms with E-state index in [-0.39, 0.29) is 0 Å². The van der Waals surface area contributed by atoms with Gasteiger partial charge in [-0.15, -0.1) is 11.1 Å². The van der Waals surface area contributed by atoms with Crippen LogP contribution in [0.2, 0.25) is 44.3 Å². The second kappa shape index (κ2) is 7.37. The highest BCUT2D eigenvalue weighted by Gasteiger charge is 2.30. The smallest absolute Gasteiger partial charge is 0.222 e. The van der Waals surface area contributed by atoms with Gasteiger partial charge in [-0.05, 0) is 37.4 Å². The zero-order valence-corrected chi connectivity index (χ0v) is 16.4. The van der Waals surface area contributed by atoms with Gasteiger partial charge in [0.05, 0.1) is 0 Å². The zero-order valence-electron chi connectivity index (χ0n) is 13.4. The maximum Gasteiger partial charge on any atom is 0.222 e. The number of hydrogen-bond donors (Lipinski definition) is 0. The molecule has 0 bridgehead atoms. The Morgan fingerprint density at radius 3 is 1.78 bits per heavy atom. The monoisotopic (exact) mass is 296 g/mol. The van der Waals surface area contributed by atoms with Gasteiger partial charge < -0.3 is 4.23 Å². The molecule has 0 heterocycles. The van der Waals surface area contributed by atoms with Gasteiger partial charge in [0, 0.05) is 0 Å². The lowest BCUT2D eigenvalue weighted by molar-refractivity contribution is 0.876. The van der Waals surface area contributed by atoms with Crippen LogP contribution in [-0.4, -0.2) is 29.5 Å². The quantitative estimate of drug-likeness (QED) is 0.516. The summed E-state index contributed by atoms with van der Waals surface area (Å²) in [6.45, 7) is 20.3. The average molecular weight is 297 g/mol. The summed E-state index contributed by atoms with van der Waals surface area (Å²) < 4.78 is 2.49. The van der Waals surface area contributed by atoms with Crippen LogP contribution in [0, 0.1) is 11.1 Å². The van der Waals surface area contributed by atoms with Crippen molar-refractivity contribution in [3.8, 4) is 11.1 Å². The van der Waals surface area contributed by atoms with Gasteiger partial charge in [-0.1, -0.05) is 40.4 Å². The van der Waals surface area contributed by atoms with Gasteiger partial charge in [0.15, 0.2) is 8.96 Å². The van der Waals surface area contributed by atoms with Gasteiger partial charge in [0.1, 0.15) is 8.07 Å². The first-order chi connectivity index (χ1) is 8.28. The van der Waals surface area contributed by atoms with Crippen LogP contribution in [-0.2, 0) is 0 Å². The van der Waals surface area contributed by atoms with Crippen LogP contribution < -0.4 is 0 Å². The fourth-order valence-electron chi connectivity index (χ4n) is 2.33. The van der Waals surface area contributed by atoms with Crippen LogP contribution in [0.1, 0.15) is 20.8 Å². The van der Waals surface area contributed by atoms with E-state index in [2.05, 4.69) is 68.9 Å². The minimum Gasteiger partial charge on any atom is -0.422 e. The van der Waals surface area contributed by atoms with E-state index in [4.69, 9.17) is 0 Å². The Morgan fingerprint density at radius 2 is 1.50 bits per heavy atom. The van der Waals surface area contributed by atoms with Gasteiger partial charge in [-0.2, -0.15) is 0 Å². The van der Waals surface area contributed by atoms with Gasteiger partial charge in [0.2, 0.25) is 8.24 Å². The number of hydrogen-bond acceptors (Lipinski definition) is 1. The van der Waals surface area contributed by atoms with E-state index in [0.29, 0.717) is 0 Å². The van der Waals surface area contributed by atoms with E-state index in [9.17, 15) is 0 Å². The topological polar surface area (TPSA) is 3.24 Å². The van der Waals surface area contributed by atoms with Gasteiger partial charge in [0.25, 0.3) is 0 Å². The SMILES string of the molecule is C=CN([Si](C)C)[Si](C)(C)C#C[Si](CC)(CC)CC. The van der Waals surface area contributed by atoms with E-state index < -0.39 is 25.3 Å². The Kier molecular flexibility index (Phi) is 7.26. The molecular formula is C14H30NSi3. The first kappa shape index (κ1) is 17.8. The summed E-state index contributed by atoms with van der Waals surface area (Å²) in [6, 6.07) is 3.88. The highest BCUT2D eigenvalue weighted by Crippen LogP contribution is 2.20. The summed E-state index contributed by atoms with van der Waals surface area (Å²) in [5.41, 5.74) is 7.49. The third-order valence-electron chi connectivity index (χ3n) is 3.93. The maximum absolute atomic E-state index is 3.98. The van der Waals surface area contributed by atoms with Crippen LogP contribution in [0.25, 0.3) is 0 Å². The van der Waals surface area contributed by atoms with Crippen LogP contribution >= 0.6 is 0 Å². The first-order valence-corrected chi connectivity index (χ1v) is 15.1. The van der Waals surface area contributed by atoms with Gasteiger partial charge in [-0.3, -0.25) is 0 Å². The Hall–Kier alpha value is -0.249. The molecule has 0 rings (SSSR count). The fourth-order valence-corrected chi connectivity index (χ4v) is 12.2.